The van der Waals surface area contributed by atoms with E-state index in [2.05, 4.69) is 18.8 Å². The second kappa shape index (κ2) is 6.38. The fourth-order valence-electron chi connectivity index (χ4n) is 3.76. The van der Waals surface area contributed by atoms with Gasteiger partial charge in [0.2, 0.25) is 0 Å². The van der Waals surface area contributed by atoms with Crippen molar-refractivity contribution in [3.8, 4) is 5.75 Å². The van der Waals surface area contributed by atoms with Crippen molar-refractivity contribution in [2.45, 2.75) is 58.8 Å². The number of pyridine rings is 1. The van der Waals surface area contributed by atoms with Crippen LogP contribution in [0, 0.1) is 11.3 Å². The van der Waals surface area contributed by atoms with Crippen molar-refractivity contribution >= 4 is 5.57 Å². The third-order valence-electron chi connectivity index (χ3n) is 5.32. The van der Waals surface area contributed by atoms with E-state index >= 15 is 0 Å². The molecule has 0 aromatic carbocycles. The van der Waals surface area contributed by atoms with E-state index in [1.165, 1.54) is 25.7 Å². The van der Waals surface area contributed by atoms with Gasteiger partial charge in [-0.05, 0) is 61.9 Å². The minimum Gasteiger partial charge on any atom is -0.507 e. The lowest BCUT2D eigenvalue weighted by Gasteiger charge is -2.34. The molecule has 1 aromatic rings. The topological polar surface area (TPSA) is 53.1 Å². The van der Waals surface area contributed by atoms with E-state index < -0.39 is 0 Å². The highest BCUT2D eigenvalue weighted by atomic mass is 16.3. The Kier molecular flexibility index (Phi) is 4.47. The van der Waals surface area contributed by atoms with Gasteiger partial charge in [-0.3, -0.25) is 4.79 Å². The zero-order valence-electron chi connectivity index (χ0n) is 14.2. The van der Waals surface area contributed by atoms with Gasteiger partial charge in [0, 0.05) is 11.8 Å². The van der Waals surface area contributed by atoms with Gasteiger partial charge in [0.05, 0.1) is 5.56 Å². The van der Waals surface area contributed by atoms with Crippen molar-refractivity contribution in [1.82, 2.24) is 4.98 Å². The summed E-state index contributed by atoms with van der Waals surface area (Å²) in [6.07, 6.45) is 13.6. The zero-order valence-corrected chi connectivity index (χ0v) is 14.2. The number of aromatic nitrogens is 1. The second-order valence-corrected chi connectivity index (χ2v) is 7.83. The minimum absolute atomic E-state index is 0.109. The summed E-state index contributed by atoms with van der Waals surface area (Å²) in [5.41, 5.74) is 2.39. The molecular formula is C20H27NO2. The third-order valence-corrected chi connectivity index (χ3v) is 5.32. The Hall–Kier alpha value is -1.77. The van der Waals surface area contributed by atoms with Crippen LogP contribution >= 0.6 is 0 Å². The summed E-state index contributed by atoms with van der Waals surface area (Å²) in [4.78, 5) is 15.4. The van der Waals surface area contributed by atoms with Gasteiger partial charge in [0.1, 0.15) is 5.75 Å². The largest absolute Gasteiger partial charge is 0.507 e. The third kappa shape index (κ3) is 3.77. The minimum atomic E-state index is -0.172. The molecule has 1 aromatic heterocycles. The summed E-state index contributed by atoms with van der Waals surface area (Å²) in [5, 5.41) is 10.3. The van der Waals surface area contributed by atoms with Gasteiger partial charge in [0.25, 0.3) is 5.56 Å². The monoisotopic (exact) mass is 313 g/mol. The van der Waals surface area contributed by atoms with Gasteiger partial charge in [-0.1, -0.05) is 32.1 Å². The van der Waals surface area contributed by atoms with Crippen LogP contribution in [-0.4, -0.2) is 10.1 Å². The highest BCUT2D eigenvalue weighted by molar-refractivity contribution is 5.77. The number of rotatable bonds is 3. The molecule has 1 saturated carbocycles. The van der Waals surface area contributed by atoms with E-state index in [0.717, 1.165) is 30.5 Å². The molecule has 1 heterocycles. The molecule has 124 valence electrons. The van der Waals surface area contributed by atoms with Crippen LogP contribution in [0.25, 0.3) is 5.57 Å². The van der Waals surface area contributed by atoms with Crippen LogP contribution in [0.5, 0.6) is 5.75 Å². The van der Waals surface area contributed by atoms with Crippen LogP contribution in [-0.2, 0) is 6.42 Å². The number of nitrogens with one attached hydrogen (secondary N) is 1. The van der Waals surface area contributed by atoms with Crippen molar-refractivity contribution in [2.24, 2.45) is 11.3 Å². The maximum atomic E-state index is 12.4. The number of allylic oxidation sites excluding steroid dienone is 4. The van der Waals surface area contributed by atoms with E-state index in [9.17, 15) is 9.90 Å². The van der Waals surface area contributed by atoms with Crippen molar-refractivity contribution in [3.63, 3.8) is 0 Å². The molecular weight excluding hydrogens is 286 g/mol. The lowest BCUT2D eigenvalue weighted by Crippen LogP contribution is -2.23. The molecule has 0 saturated heterocycles. The van der Waals surface area contributed by atoms with Crippen molar-refractivity contribution in [2.75, 3.05) is 0 Å². The first-order chi connectivity index (χ1) is 10.9. The number of aromatic amines is 1. The number of H-pyrrole nitrogens is 1. The van der Waals surface area contributed by atoms with E-state index in [0.29, 0.717) is 16.9 Å². The molecule has 2 N–H and O–H groups in total. The van der Waals surface area contributed by atoms with Crippen LogP contribution in [0.1, 0.15) is 63.6 Å². The Labute approximate surface area is 138 Å². The Bertz CT molecular complexity index is 684. The SMILES string of the molecule is CC1(C)CCC(Cc2cc(O)c(C3=CCCC=C3)c(=O)[nH]2)CC1. The quantitative estimate of drug-likeness (QED) is 0.858. The van der Waals surface area contributed by atoms with E-state index in [1.807, 2.05) is 18.2 Å². The molecule has 0 radical (unpaired) electrons. The first-order valence-electron chi connectivity index (χ1n) is 8.77. The van der Waals surface area contributed by atoms with Crippen molar-refractivity contribution in [3.05, 3.63) is 45.9 Å². The fraction of sp³-hybridized carbons (Fsp3) is 0.550. The summed E-state index contributed by atoms with van der Waals surface area (Å²) in [5.74, 6) is 0.718. The summed E-state index contributed by atoms with van der Waals surface area (Å²) in [7, 11) is 0. The van der Waals surface area contributed by atoms with Crippen LogP contribution in [0.4, 0.5) is 0 Å². The average Bonchev–Trinajstić information content (AvgIpc) is 2.50. The molecule has 0 bridgehead atoms. The van der Waals surface area contributed by atoms with E-state index in [4.69, 9.17) is 0 Å². The molecule has 2 aliphatic rings. The normalized spacial score (nSPS) is 21.2. The maximum Gasteiger partial charge on any atom is 0.259 e. The molecule has 3 rings (SSSR count). The van der Waals surface area contributed by atoms with Crippen LogP contribution < -0.4 is 5.56 Å². The molecule has 0 amide bonds. The highest BCUT2D eigenvalue weighted by Crippen LogP contribution is 2.39. The molecule has 3 nitrogen and oxygen atoms in total. The van der Waals surface area contributed by atoms with Gasteiger partial charge in [-0.15, -0.1) is 0 Å². The lowest BCUT2D eigenvalue weighted by atomic mass is 9.72. The molecule has 2 aliphatic carbocycles. The Balaban J connectivity index is 1.77. The zero-order chi connectivity index (χ0) is 16.4. The average molecular weight is 313 g/mol. The van der Waals surface area contributed by atoms with Crippen LogP contribution in [0.3, 0.4) is 0 Å². The van der Waals surface area contributed by atoms with Crippen LogP contribution in [0.2, 0.25) is 0 Å². The van der Waals surface area contributed by atoms with Crippen molar-refractivity contribution in [1.29, 1.82) is 0 Å². The Morgan fingerprint density at radius 2 is 2.00 bits per heavy atom. The number of hydrogen-bond acceptors (Lipinski definition) is 2. The summed E-state index contributed by atoms with van der Waals surface area (Å²) >= 11 is 0. The molecule has 0 unspecified atom stereocenters. The first kappa shape index (κ1) is 16.1. The molecule has 1 fully saturated rings. The first-order valence-corrected chi connectivity index (χ1v) is 8.77. The number of hydrogen-bond donors (Lipinski definition) is 2. The van der Waals surface area contributed by atoms with Gasteiger partial charge in [0.15, 0.2) is 0 Å². The van der Waals surface area contributed by atoms with Crippen LogP contribution in [0.15, 0.2) is 29.1 Å². The van der Waals surface area contributed by atoms with Crippen molar-refractivity contribution < 1.29 is 5.11 Å². The molecule has 3 heteroatoms. The lowest BCUT2D eigenvalue weighted by molar-refractivity contribution is 0.190. The van der Waals surface area contributed by atoms with Gasteiger partial charge in [-0.2, -0.15) is 0 Å². The Morgan fingerprint density at radius 3 is 2.61 bits per heavy atom. The van der Waals surface area contributed by atoms with E-state index in [1.54, 1.807) is 6.07 Å². The highest BCUT2D eigenvalue weighted by Gasteiger charge is 2.27. The predicted molar refractivity (Wildman–Crippen MR) is 94.5 cm³/mol. The smallest absolute Gasteiger partial charge is 0.259 e. The molecule has 0 spiro atoms. The van der Waals surface area contributed by atoms with Gasteiger partial charge >= 0.3 is 0 Å². The molecule has 0 aliphatic heterocycles. The van der Waals surface area contributed by atoms with Gasteiger partial charge in [-0.25, -0.2) is 0 Å². The molecule has 23 heavy (non-hydrogen) atoms. The predicted octanol–water partition coefficient (Wildman–Crippen LogP) is 4.57. The van der Waals surface area contributed by atoms with Gasteiger partial charge < -0.3 is 10.1 Å². The summed E-state index contributed by atoms with van der Waals surface area (Å²) < 4.78 is 0. The number of aromatic hydroxyl groups is 1. The van der Waals surface area contributed by atoms with E-state index in [-0.39, 0.29) is 11.3 Å². The fourth-order valence-corrected chi connectivity index (χ4v) is 3.76. The second-order valence-electron chi connectivity index (χ2n) is 7.83. The summed E-state index contributed by atoms with van der Waals surface area (Å²) in [6.45, 7) is 4.66. The molecule has 0 atom stereocenters. The Morgan fingerprint density at radius 1 is 1.26 bits per heavy atom. The summed E-state index contributed by atoms with van der Waals surface area (Å²) in [6, 6.07) is 1.75. The standard InChI is InChI=1S/C20H27NO2/c1-20(2)10-8-14(9-11-20)12-16-13-17(22)18(19(23)21-16)15-6-4-3-5-7-15/h4,6-7,13-14H,3,5,8-12H2,1-2H3,(H2,21,22,23). The maximum absolute atomic E-state index is 12.4.